The maximum Gasteiger partial charge on any atom is 0.508 e. The minimum Gasteiger partial charge on any atom is -0.430 e. The fourth-order valence-corrected chi connectivity index (χ4v) is 0.482. The van der Waals surface area contributed by atoms with Crippen molar-refractivity contribution in [2.45, 2.75) is 19.4 Å². The smallest absolute Gasteiger partial charge is 0.430 e. The van der Waals surface area contributed by atoms with Crippen LogP contribution in [0.1, 0.15) is 13.3 Å². The van der Waals surface area contributed by atoms with Crippen molar-refractivity contribution >= 4 is 6.16 Å². The van der Waals surface area contributed by atoms with Crippen molar-refractivity contribution in [1.82, 2.24) is 0 Å². The third-order valence-corrected chi connectivity index (χ3v) is 1.18. The molecule has 0 saturated carbocycles. The van der Waals surface area contributed by atoms with Gasteiger partial charge in [0, 0.05) is 6.61 Å². The SMILES string of the molecule is C=CCOC(=O)OCC=C.CC(O)CCO. The van der Waals surface area contributed by atoms with Crippen LogP contribution in [-0.4, -0.2) is 42.3 Å². The Hall–Kier alpha value is -1.33. The van der Waals surface area contributed by atoms with Crippen LogP contribution in [0.25, 0.3) is 0 Å². The largest absolute Gasteiger partial charge is 0.508 e. The van der Waals surface area contributed by atoms with E-state index >= 15 is 0 Å². The van der Waals surface area contributed by atoms with E-state index in [1.54, 1.807) is 6.92 Å². The van der Waals surface area contributed by atoms with E-state index in [0.717, 1.165) is 0 Å². The molecule has 0 aliphatic rings. The van der Waals surface area contributed by atoms with E-state index in [0.29, 0.717) is 6.42 Å². The molecule has 5 heteroatoms. The normalized spacial score (nSPS) is 10.4. The van der Waals surface area contributed by atoms with E-state index in [2.05, 4.69) is 22.6 Å². The molecule has 0 aromatic heterocycles. The van der Waals surface area contributed by atoms with Gasteiger partial charge in [-0.1, -0.05) is 25.3 Å². The molecule has 0 amide bonds. The molecule has 0 rings (SSSR count). The molecule has 0 aliphatic heterocycles. The molecule has 0 bridgehead atoms. The average Bonchev–Trinajstić information content (AvgIpc) is 2.24. The van der Waals surface area contributed by atoms with E-state index in [1.807, 2.05) is 0 Å². The summed E-state index contributed by atoms with van der Waals surface area (Å²) in [6, 6.07) is 0. The molecule has 0 aliphatic carbocycles. The molecule has 0 aromatic carbocycles. The third kappa shape index (κ3) is 18.5. The minimum atomic E-state index is -0.695. The van der Waals surface area contributed by atoms with E-state index in [9.17, 15) is 4.79 Å². The number of carbonyl (C=O) groups is 1. The van der Waals surface area contributed by atoms with Gasteiger partial charge in [0.25, 0.3) is 0 Å². The zero-order valence-corrected chi connectivity index (χ0v) is 9.59. The van der Waals surface area contributed by atoms with Gasteiger partial charge in [-0.05, 0) is 13.3 Å². The van der Waals surface area contributed by atoms with Gasteiger partial charge < -0.3 is 19.7 Å². The number of rotatable bonds is 6. The van der Waals surface area contributed by atoms with Gasteiger partial charge >= 0.3 is 6.16 Å². The maximum atomic E-state index is 10.4. The number of aliphatic hydroxyl groups excluding tert-OH is 2. The van der Waals surface area contributed by atoms with Gasteiger partial charge in [0.2, 0.25) is 0 Å². The predicted octanol–water partition coefficient (Wildman–Crippen LogP) is 1.26. The van der Waals surface area contributed by atoms with Crippen LogP contribution >= 0.6 is 0 Å². The Balaban J connectivity index is 0. The van der Waals surface area contributed by atoms with Crippen LogP contribution < -0.4 is 0 Å². The van der Waals surface area contributed by atoms with Gasteiger partial charge in [0.15, 0.2) is 0 Å². The molecular weight excluding hydrogens is 212 g/mol. The van der Waals surface area contributed by atoms with Crippen molar-refractivity contribution in [3.63, 3.8) is 0 Å². The highest BCUT2D eigenvalue weighted by molar-refractivity contribution is 5.60. The molecule has 0 aromatic rings. The third-order valence-electron chi connectivity index (χ3n) is 1.18. The first-order valence-electron chi connectivity index (χ1n) is 4.88. The van der Waals surface area contributed by atoms with Crippen molar-refractivity contribution in [2.24, 2.45) is 0 Å². The lowest BCUT2D eigenvalue weighted by atomic mass is 10.3. The molecule has 16 heavy (non-hydrogen) atoms. The summed E-state index contributed by atoms with van der Waals surface area (Å²) in [5, 5.41) is 16.5. The quantitative estimate of drug-likeness (QED) is 0.532. The highest BCUT2D eigenvalue weighted by Gasteiger charge is 1.97. The monoisotopic (exact) mass is 232 g/mol. The van der Waals surface area contributed by atoms with Crippen LogP contribution in [0.4, 0.5) is 4.79 Å². The molecule has 5 nitrogen and oxygen atoms in total. The Kier molecular flexibility index (Phi) is 14.6. The summed E-state index contributed by atoms with van der Waals surface area (Å²) < 4.78 is 8.93. The number of carbonyl (C=O) groups excluding carboxylic acids is 1. The highest BCUT2D eigenvalue weighted by Crippen LogP contribution is 1.84. The summed E-state index contributed by atoms with van der Waals surface area (Å²) in [7, 11) is 0. The van der Waals surface area contributed by atoms with Crippen molar-refractivity contribution in [3.8, 4) is 0 Å². The van der Waals surface area contributed by atoms with Gasteiger partial charge in [0.05, 0.1) is 6.10 Å². The lowest BCUT2D eigenvalue weighted by Gasteiger charge is -1.99. The second-order valence-electron chi connectivity index (χ2n) is 2.81. The fraction of sp³-hybridized carbons (Fsp3) is 0.545. The first kappa shape index (κ1) is 17.1. The molecule has 1 atom stereocenters. The Morgan fingerprint density at radius 1 is 1.31 bits per heavy atom. The van der Waals surface area contributed by atoms with Gasteiger partial charge in [-0.15, -0.1) is 0 Å². The first-order chi connectivity index (χ1) is 7.58. The van der Waals surface area contributed by atoms with E-state index < -0.39 is 6.16 Å². The van der Waals surface area contributed by atoms with Crippen LogP contribution in [0.3, 0.4) is 0 Å². The molecular formula is C11H20O5. The number of hydrogen-bond acceptors (Lipinski definition) is 5. The van der Waals surface area contributed by atoms with Crippen molar-refractivity contribution in [1.29, 1.82) is 0 Å². The topological polar surface area (TPSA) is 76.0 Å². The van der Waals surface area contributed by atoms with Crippen LogP contribution in [0, 0.1) is 0 Å². The Morgan fingerprint density at radius 3 is 1.94 bits per heavy atom. The zero-order valence-electron chi connectivity index (χ0n) is 9.59. The summed E-state index contributed by atoms with van der Waals surface area (Å²) in [6.45, 7) is 8.80. The van der Waals surface area contributed by atoms with Crippen LogP contribution in [-0.2, 0) is 9.47 Å². The van der Waals surface area contributed by atoms with Crippen molar-refractivity contribution in [2.75, 3.05) is 19.8 Å². The summed E-state index contributed by atoms with van der Waals surface area (Å²) in [6.07, 6.45) is 2.37. The summed E-state index contributed by atoms with van der Waals surface area (Å²) in [5.74, 6) is 0. The van der Waals surface area contributed by atoms with Crippen molar-refractivity contribution in [3.05, 3.63) is 25.3 Å². The van der Waals surface area contributed by atoms with Gasteiger partial charge in [-0.3, -0.25) is 0 Å². The number of hydrogen-bond donors (Lipinski definition) is 2. The van der Waals surface area contributed by atoms with Crippen LogP contribution in [0.15, 0.2) is 25.3 Å². The maximum absolute atomic E-state index is 10.4. The fourth-order valence-electron chi connectivity index (χ4n) is 0.482. The number of aliphatic hydroxyl groups is 2. The molecule has 0 heterocycles. The predicted molar refractivity (Wildman–Crippen MR) is 61.1 cm³/mol. The zero-order chi connectivity index (χ0) is 12.8. The second-order valence-corrected chi connectivity index (χ2v) is 2.81. The van der Waals surface area contributed by atoms with E-state index in [4.69, 9.17) is 10.2 Å². The lowest BCUT2D eigenvalue weighted by Crippen LogP contribution is -2.06. The minimum absolute atomic E-state index is 0.0810. The van der Waals surface area contributed by atoms with Crippen molar-refractivity contribution < 1.29 is 24.5 Å². The van der Waals surface area contributed by atoms with Crippen LogP contribution in [0.2, 0.25) is 0 Å². The van der Waals surface area contributed by atoms with E-state index in [-0.39, 0.29) is 25.9 Å². The Labute approximate surface area is 96.0 Å². The van der Waals surface area contributed by atoms with Gasteiger partial charge in [0.1, 0.15) is 13.2 Å². The molecule has 1 unspecified atom stereocenters. The van der Waals surface area contributed by atoms with Crippen LogP contribution in [0.5, 0.6) is 0 Å². The second kappa shape index (κ2) is 13.7. The van der Waals surface area contributed by atoms with Gasteiger partial charge in [-0.2, -0.15) is 0 Å². The van der Waals surface area contributed by atoms with Gasteiger partial charge in [-0.25, -0.2) is 4.79 Å². The first-order valence-corrected chi connectivity index (χ1v) is 4.88. The Morgan fingerprint density at radius 2 is 1.75 bits per heavy atom. The summed E-state index contributed by atoms with van der Waals surface area (Å²) in [5.41, 5.74) is 0. The number of ether oxygens (including phenoxy) is 2. The standard InChI is InChI=1S/C7H10O3.C4H10O2/c1-3-5-9-7(8)10-6-4-2;1-4(6)2-3-5/h3-4H,1-2,5-6H2;4-6H,2-3H2,1H3. The summed E-state index contributed by atoms with van der Waals surface area (Å²) >= 11 is 0. The molecule has 0 radical (unpaired) electrons. The van der Waals surface area contributed by atoms with E-state index in [1.165, 1.54) is 12.2 Å². The molecule has 2 N–H and O–H groups in total. The molecule has 0 saturated heterocycles. The lowest BCUT2D eigenvalue weighted by molar-refractivity contribution is 0.0718. The average molecular weight is 232 g/mol. The molecule has 94 valence electrons. The summed E-state index contributed by atoms with van der Waals surface area (Å²) in [4.78, 5) is 10.4. The molecule has 0 fully saturated rings. The molecule has 0 spiro atoms. The highest BCUT2D eigenvalue weighted by atomic mass is 16.7. The Bertz CT molecular complexity index is 175.